The minimum Gasteiger partial charge on any atom is -0.322 e. The van der Waals surface area contributed by atoms with Gasteiger partial charge >= 0.3 is 0 Å². The van der Waals surface area contributed by atoms with Crippen molar-refractivity contribution < 1.29 is 4.79 Å². The number of anilines is 1. The van der Waals surface area contributed by atoms with Crippen LogP contribution in [0.1, 0.15) is 21.5 Å². The van der Waals surface area contributed by atoms with Crippen molar-refractivity contribution in [3.63, 3.8) is 0 Å². The molecule has 0 fully saturated rings. The van der Waals surface area contributed by atoms with E-state index >= 15 is 0 Å². The fourth-order valence-electron chi connectivity index (χ4n) is 2.45. The molecular weight excluding hydrogens is 298 g/mol. The Morgan fingerprint density at radius 1 is 1.08 bits per heavy atom. The van der Waals surface area contributed by atoms with Gasteiger partial charge in [0.1, 0.15) is 6.07 Å². The maximum Gasteiger partial charge on any atom is 0.255 e. The Kier molecular flexibility index (Phi) is 4.35. The zero-order valence-corrected chi connectivity index (χ0v) is 13.2. The van der Waals surface area contributed by atoms with Crippen LogP contribution in [0.4, 0.5) is 5.69 Å². The lowest BCUT2D eigenvalue weighted by Gasteiger charge is -2.10. The molecule has 0 bridgehead atoms. The summed E-state index contributed by atoms with van der Waals surface area (Å²) in [6.45, 7) is 1.98. The summed E-state index contributed by atoms with van der Waals surface area (Å²) in [5.74, 6) is -0.158. The van der Waals surface area contributed by atoms with Gasteiger partial charge in [-0.05, 0) is 48.4 Å². The number of aromatic nitrogens is 1. The number of hydrogen-bond acceptors (Lipinski definition) is 3. The molecule has 3 rings (SSSR count). The molecule has 1 N–H and O–H groups in total. The van der Waals surface area contributed by atoms with Crippen molar-refractivity contribution in [2.45, 2.75) is 6.92 Å². The molecule has 0 radical (unpaired) electrons. The number of nitriles is 1. The fourth-order valence-corrected chi connectivity index (χ4v) is 2.45. The number of nitrogens with one attached hydrogen (secondary N) is 1. The number of rotatable bonds is 3. The van der Waals surface area contributed by atoms with Gasteiger partial charge in [-0.1, -0.05) is 24.3 Å². The first-order valence-electron chi connectivity index (χ1n) is 7.50. The molecule has 0 aliphatic heterocycles. The van der Waals surface area contributed by atoms with Gasteiger partial charge in [-0.15, -0.1) is 0 Å². The molecule has 3 aromatic rings. The summed E-state index contributed by atoms with van der Waals surface area (Å²) >= 11 is 0. The van der Waals surface area contributed by atoms with Crippen molar-refractivity contribution in [3.8, 4) is 17.2 Å². The topological polar surface area (TPSA) is 65.8 Å². The summed E-state index contributed by atoms with van der Waals surface area (Å²) in [5.41, 5.74) is 4.64. The molecule has 0 saturated heterocycles. The zero-order valence-electron chi connectivity index (χ0n) is 13.2. The van der Waals surface area contributed by atoms with Crippen LogP contribution in [0.5, 0.6) is 0 Å². The van der Waals surface area contributed by atoms with Crippen molar-refractivity contribution >= 4 is 11.6 Å². The molecule has 4 nitrogen and oxygen atoms in total. The lowest BCUT2D eigenvalue weighted by molar-refractivity contribution is 0.102. The minimum atomic E-state index is -0.158. The van der Waals surface area contributed by atoms with Gasteiger partial charge in [0.15, 0.2) is 0 Å². The van der Waals surface area contributed by atoms with Crippen LogP contribution in [0.15, 0.2) is 67.0 Å². The number of amides is 1. The van der Waals surface area contributed by atoms with Crippen molar-refractivity contribution in [1.29, 1.82) is 5.26 Å². The number of nitrogens with zero attached hydrogens (tertiary/aromatic N) is 2. The third kappa shape index (κ3) is 3.31. The summed E-state index contributed by atoms with van der Waals surface area (Å²) in [6.07, 6.45) is 3.24. The van der Waals surface area contributed by atoms with E-state index in [9.17, 15) is 4.79 Å². The Morgan fingerprint density at radius 3 is 2.62 bits per heavy atom. The molecule has 2 aromatic carbocycles. The van der Waals surface area contributed by atoms with Gasteiger partial charge in [-0.2, -0.15) is 5.26 Å². The average Bonchev–Trinajstić information content (AvgIpc) is 2.64. The van der Waals surface area contributed by atoms with Crippen molar-refractivity contribution in [1.82, 2.24) is 4.98 Å². The van der Waals surface area contributed by atoms with E-state index in [1.165, 1.54) is 6.20 Å². The molecule has 116 valence electrons. The third-order valence-corrected chi connectivity index (χ3v) is 3.71. The van der Waals surface area contributed by atoms with Crippen LogP contribution in [-0.2, 0) is 0 Å². The lowest BCUT2D eigenvalue weighted by atomic mass is 10.0. The van der Waals surface area contributed by atoms with E-state index in [1.807, 2.05) is 43.3 Å². The Hall–Kier alpha value is -3.45. The molecule has 0 spiro atoms. The highest BCUT2D eigenvalue weighted by molar-refractivity contribution is 6.04. The van der Waals surface area contributed by atoms with E-state index in [0.29, 0.717) is 16.8 Å². The predicted molar refractivity (Wildman–Crippen MR) is 93.5 cm³/mol. The van der Waals surface area contributed by atoms with Gasteiger partial charge in [-0.3, -0.25) is 9.78 Å². The highest BCUT2D eigenvalue weighted by atomic mass is 16.1. The first kappa shape index (κ1) is 15.4. The predicted octanol–water partition coefficient (Wildman–Crippen LogP) is 4.18. The van der Waals surface area contributed by atoms with Gasteiger partial charge in [0.05, 0.1) is 5.56 Å². The summed E-state index contributed by atoms with van der Waals surface area (Å²) in [5, 5.41) is 11.9. The molecule has 0 saturated carbocycles. The van der Waals surface area contributed by atoms with Crippen LogP contribution in [0.3, 0.4) is 0 Å². The average molecular weight is 313 g/mol. The van der Waals surface area contributed by atoms with Crippen molar-refractivity contribution in [3.05, 3.63) is 83.7 Å². The quantitative estimate of drug-likeness (QED) is 0.788. The highest BCUT2D eigenvalue weighted by Crippen LogP contribution is 2.27. The first-order chi connectivity index (χ1) is 11.7. The largest absolute Gasteiger partial charge is 0.322 e. The minimum absolute atomic E-state index is 0.158. The van der Waals surface area contributed by atoms with Gasteiger partial charge in [-0.25, -0.2) is 0 Å². The van der Waals surface area contributed by atoms with Crippen molar-refractivity contribution in [2.75, 3.05) is 5.32 Å². The van der Waals surface area contributed by atoms with Crippen LogP contribution >= 0.6 is 0 Å². The molecule has 1 amide bonds. The normalized spacial score (nSPS) is 10.0. The first-order valence-corrected chi connectivity index (χ1v) is 7.50. The molecule has 0 atom stereocenters. The zero-order chi connectivity index (χ0) is 16.9. The summed E-state index contributed by atoms with van der Waals surface area (Å²) in [7, 11) is 0. The van der Waals surface area contributed by atoms with Crippen molar-refractivity contribution in [2.24, 2.45) is 0 Å². The van der Waals surface area contributed by atoms with Gasteiger partial charge < -0.3 is 5.32 Å². The molecule has 1 aromatic heterocycles. The van der Waals surface area contributed by atoms with Gasteiger partial charge in [0.2, 0.25) is 0 Å². The van der Waals surface area contributed by atoms with Crippen LogP contribution in [0.25, 0.3) is 11.1 Å². The van der Waals surface area contributed by atoms with Crippen LogP contribution in [-0.4, -0.2) is 10.9 Å². The fraction of sp³-hybridized carbons (Fsp3) is 0.0500. The van der Waals surface area contributed by atoms with E-state index in [1.54, 1.807) is 24.4 Å². The monoisotopic (exact) mass is 313 g/mol. The summed E-state index contributed by atoms with van der Waals surface area (Å²) < 4.78 is 0. The van der Waals surface area contributed by atoms with E-state index in [2.05, 4.69) is 16.4 Å². The molecular formula is C20H15N3O. The van der Waals surface area contributed by atoms with E-state index in [4.69, 9.17) is 5.26 Å². The Labute approximate surface area is 140 Å². The second-order valence-corrected chi connectivity index (χ2v) is 5.42. The van der Waals surface area contributed by atoms with Crippen LogP contribution < -0.4 is 5.32 Å². The maximum absolute atomic E-state index is 12.3. The second-order valence-electron chi connectivity index (χ2n) is 5.42. The standard InChI is InChI=1S/C20H15N3O/c1-14-7-8-18(23-20(24)16-5-3-2-4-6-16)10-19(14)17-9-15(11-21)12-22-13-17/h2-10,12-13H,1H3,(H,23,24). The molecule has 0 aliphatic carbocycles. The smallest absolute Gasteiger partial charge is 0.255 e. The van der Waals surface area contributed by atoms with E-state index in [-0.39, 0.29) is 5.91 Å². The number of pyridine rings is 1. The molecule has 24 heavy (non-hydrogen) atoms. The third-order valence-electron chi connectivity index (χ3n) is 3.71. The van der Waals surface area contributed by atoms with E-state index in [0.717, 1.165) is 16.7 Å². The summed E-state index contributed by atoms with van der Waals surface area (Å²) in [6, 6.07) is 18.6. The SMILES string of the molecule is Cc1ccc(NC(=O)c2ccccc2)cc1-c1cncc(C#N)c1. The number of aryl methyl sites for hydroxylation is 1. The van der Waals surface area contributed by atoms with Gasteiger partial charge in [0.25, 0.3) is 5.91 Å². The number of carbonyl (C=O) groups is 1. The maximum atomic E-state index is 12.3. The molecule has 1 heterocycles. The van der Waals surface area contributed by atoms with Crippen LogP contribution in [0.2, 0.25) is 0 Å². The highest BCUT2D eigenvalue weighted by Gasteiger charge is 2.09. The van der Waals surface area contributed by atoms with E-state index < -0.39 is 0 Å². The van der Waals surface area contributed by atoms with Gasteiger partial charge in [0, 0.05) is 29.2 Å². The van der Waals surface area contributed by atoms with Crippen LogP contribution in [0, 0.1) is 18.3 Å². The summed E-state index contributed by atoms with van der Waals surface area (Å²) in [4.78, 5) is 16.4. The lowest BCUT2D eigenvalue weighted by Crippen LogP contribution is -2.11. The number of benzene rings is 2. The molecule has 0 aliphatic rings. The number of hydrogen-bond donors (Lipinski definition) is 1. The Bertz CT molecular complexity index is 927. The second kappa shape index (κ2) is 6.76. The number of carbonyl (C=O) groups excluding carboxylic acids is 1. The molecule has 4 heteroatoms. The Morgan fingerprint density at radius 2 is 1.88 bits per heavy atom. The molecule has 0 unspecified atom stereocenters. The Balaban J connectivity index is 1.92.